The Morgan fingerprint density at radius 3 is 2.31 bits per heavy atom. The zero-order valence-electron chi connectivity index (χ0n) is 17.6. The van der Waals surface area contributed by atoms with E-state index in [1.165, 1.54) is 17.5 Å². The van der Waals surface area contributed by atoms with Gasteiger partial charge in [0.2, 0.25) is 5.91 Å². The summed E-state index contributed by atoms with van der Waals surface area (Å²) >= 11 is 0. The molecule has 3 aromatic carbocycles. The Kier molecular flexibility index (Phi) is 5.50. The molecule has 160 valence electrons. The Balaban J connectivity index is 1.23. The Hall–Kier alpha value is -3.80. The predicted molar refractivity (Wildman–Crippen MR) is 124 cm³/mol. The lowest BCUT2D eigenvalue weighted by Gasteiger charge is -2.35. The number of carbonyl (C=O) groups excluding carboxylic acids is 1. The van der Waals surface area contributed by atoms with Gasteiger partial charge in [-0.05, 0) is 40.6 Å². The SMILES string of the molecule is O=C(Cc1ccc(F)cc1)N1CCN(c2ccc(-c3cccc4ccccc34)nn2)CC1. The lowest BCUT2D eigenvalue weighted by Crippen LogP contribution is -2.49. The fourth-order valence-corrected chi connectivity index (χ4v) is 4.16. The number of fused-ring (bicyclic) bond motifs is 1. The van der Waals surface area contributed by atoms with Crippen LogP contribution in [0.1, 0.15) is 5.56 Å². The van der Waals surface area contributed by atoms with E-state index in [-0.39, 0.29) is 11.7 Å². The minimum Gasteiger partial charge on any atom is -0.352 e. The number of nitrogens with zero attached hydrogens (tertiary/aromatic N) is 4. The topological polar surface area (TPSA) is 49.3 Å². The van der Waals surface area contributed by atoms with Crippen molar-refractivity contribution >= 4 is 22.5 Å². The maximum Gasteiger partial charge on any atom is 0.227 e. The van der Waals surface area contributed by atoms with Crippen LogP contribution in [0.15, 0.2) is 78.9 Å². The van der Waals surface area contributed by atoms with Gasteiger partial charge in [0.1, 0.15) is 5.82 Å². The molecule has 1 aromatic heterocycles. The van der Waals surface area contributed by atoms with Crippen molar-refractivity contribution < 1.29 is 9.18 Å². The first-order chi connectivity index (χ1) is 15.7. The number of rotatable bonds is 4. The van der Waals surface area contributed by atoms with Gasteiger partial charge in [-0.25, -0.2) is 4.39 Å². The van der Waals surface area contributed by atoms with E-state index in [2.05, 4.69) is 39.4 Å². The number of piperazine rings is 1. The summed E-state index contributed by atoms with van der Waals surface area (Å²) in [5.41, 5.74) is 2.74. The van der Waals surface area contributed by atoms with Gasteiger partial charge in [-0.2, -0.15) is 0 Å². The molecular weight excluding hydrogens is 403 g/mol. The van der Waals surface area contributed by atoms with Crippen molar-refractivity contribution in [1.29, 1.82) is 0 Å². The highest BCUT2D eigenvalue weighted by atomic mass is 19.1. The maximum absolute atomic E-state index is 13.1. The number of halogens is 1. The van der Waals surface area contributed by atoms with Crippen LogP contribution < -0.4 is 4.90 Å². The molecule has 4 aromatic rings. The first-order valence-corrected chi connectivity index (χ1v) is 10.8. The van der Waals surface area contributed by atoms with Gasteiger partial charge >= 0.3 is 0 Å². The number of amides is 1. The molecule has 0 saturated carbocycles. The molecule has 1 amide bonds. The minimum atomic E-state index is -0.289. The van der Waals surface area contributed by atoms with E-state index in [1.54, 1.807) is 12.1 Å². The first kappa shape index (κ1) is 20.1. The third kappa shape index (κ3) is 4.17. The highest BCUT2D eigenvalue weighted by molar-refractivity contribution is 5.95. The molecule has 5 rings (SSSR count). The van der Waals surface area contributed by atoms with Crippen LogP contribution in [0.4, 0.5) is 10.2 Å². The molecule has 0 atom stereocenters. The maximum atomic E-state index is 13.1. The van der Waals surface area contributed by atoms with E-state index in [1.807, 2.05) is 35.2 Å². The largest absolute Gasteiger partial charge is 0.352 e. The molecule has 5 nitrogen and oxygen atoms in total. The van der Waals surface area contributed by atoms with Gasteiger partial charge in [0, 0.05) is 31.7 Å². The molecule has 1 saturated heterocycles. The number of hydrogen-bond acceptors (Lipinski definition) is 4. The van der Waals surface area contributed by atoms with Crippen molar-refractivity contribution in [3.05, 3.63) is 90.2 Å². The summed E-state index contributed by atoms with van der Waals surface area (Å²) in [5.74, 6) is 0.593. The third-order valence-electron chi connectivity index (χ3n) is 5.94. The fraction of sp³-hybridized carbons (Fsp3) is 0.192. The molecule has 2 heterocycles. The average Bonchev–Trinajstić information content (AvgIpc) is 2.85. The summed E-state index contributed by atoms with van der Waals surface area (Å²) in [6, 6.07) is 24.6. The molecule has 1 fully saturated rings. The van der Waals surface area contributed by atoms with Gasteiger partial charge in [-0.1, -0.05) is 54.6 Å². The molecule has 0 N–H and O–H groups in total. The van der Waals surface area contributed by atoms with E-state index in [9.17, 15) is 9.18 Å². The fourth-order valence-electron chi connectivity index (χ4n) is 4.16. The van der Waals surface area contributed by atoms with Crippen LogP contribution in [0.25, 0.3) is 22.0 Å². The summed E-state index contributed by atoms with van der Waals surface area (Å²) < 4.78 is 13.1. The number of aromatic nitrogens is 2. The van der Waals surface area contributed by atoms with E-state index in [4.69, 9.17) is 0 Å². The molecule has 0 radical (unpaired) electrons. The van der Waals surface area contributed by atoms with Gasteiger partial charge in [0.25, 0.3) is 0 Å². The summed E-state index contributed by atoms with van der Waals surface area (Å²) in [7, 11) is 0. The average molecular weight is 426 g/mol. The highest BCUT2D eigenvalue weighted by Crippen LogP contribution is 2.27. The highest BCUT2D eigenvalue weighted by Gasteiger charge is 2.22. The van der Waals surface area contributed by atoms with Crippen LogP contribution in [0, 0.1) is 5.82 Å². The number of carbonyl (C=O) groups is 1. The van der Waals surface area contributed by atoms with E-state index >= 15 is 0 Å². The van der Waals surface area contributed by atoms with Crippen LogP contribution in [-0.2, 0) is 11.2 Å². The third-order valence-corrected chi connectivity index (χ3v) is 5.94. The van der Waals surface area contributed by atoms with E-state index in [0.29, 0.717) is 32.6 Å². The van der Waals surface area contributed by atoms with Gasteiger partial charge in [0.05, 0.1) is 12.1 Å². The Morgan fingerprint density at radius 2 is 1.56 bits per heavy atom. The normalized spacial score (nSPS) is 14.0. The lowest BCUT2D eigenvalue weighted by atomic mass is 10.0. The van der Waals surface area contributed by atoms with Crippen molar-refractivity contribution in [1.82, 2.24) is 15.1 Å². The zero-order valence-corrected chi connectivity index (χ0v) is 17.6. The Morgan fingerprint density at radius 1 is 0.812 bits per heavy atom. The van der Waals surface area contributed by atoms with E-state index < -0.39 is 0 Å². The predicted octanol–water partition coefficient (Wildman–Crippen LogP) is 4.33. The minimum absolute atomic E-state index is 0.0636. The van der Waals surface area contributed by atoms with Crippen molar-refractivity contribution in [3.8, 4) is 11.3 Å². The van der Waals surface area contributed by atoms with Crippen molar-refractivity contribution in [3.63, 3.8) is 0 Å². The van der Waals surface area contributed by atoms with Gasteiger partial charge < -0.3 is 9.80 Å². The van der Waals surface area contributed by atoms with Crippen molar-refractivity contribution in [2.75, 3.05) is 31.1 Å². The molecule has 0 unspecified atom stereocenters. The van der Waals surface area contributed by atoms with Crippen LogP contribution in [0.5, 0.6) is 0 Å². The second-order valence-corrected chi connectivity index (χ2v) is 7.97. The second-order valence-electron chi connectivity index (χ2n) is 7.97. The van der Waals surface area contributed by atoms with Crippen LogP contribution in [-0.4, -0.2) is 47.2 Å². The molecule has 6 heteroatoms. The standard InChI is InChI=1S/C26H23FN4O/c27-21-10-8-19(9-11-21)18-26(32)31-16-14-30(15-17-31)25-13-12-24(28-29-25)23-7-3-5-20-4-1-2-6-22(20)23/h1-13H,14-18H2. The van der Waals surface area contributed by atoms with E-state index in [0.717, 1.165) is 28.0 Å². The molecule has 0 bridgehead atoms. The Labute approximate surface area is 186 Å². The van der Waals surface area contributed by atoms with Crippen molar-refractivity contribution in [2.24, 2.45) is 0 Å². The second kappa shape index (κ2) is 8.75. The molecule has 1 aliphatic heterocycles. The van der Waals surface area contributed by atoms with Gasteiger partial charge in [-0.15, -0.1) is 10.2 Å². The van der Waals surface area contributed by atoms with Crippen LogP contribution >= 0.6 is 0 Å². The number of anilines is 1. The van der Waals surface area contributed by atoms with Gasteiger partial charge in [-0.3, -0.25) is 4.79 Å². The molecule has 0 aliphatic carbocycles. The molecular formula is C26H23FN4O. The monoisotopic (exact) mass is 426 g/mol. The summed E-state index contributed by atoms with van der Waals surface area (Å²) in [5, 5.41) is 11.3. The molecule has 1 aliphatic rings. The summed E-state index contributed by atoms with van der Waals surface area (Å²) in [6.45, 7) is 2.68. The summed E-state index contributed by atoms with van der Waals surface area (Å²) in [6.07, 6.45) is 0.291. The number of hydrogen-bond donors (Lipinski definition) is 0. The Bertz CT molecular complexity index is 1230. The smallest absolute Gasteiger partial charge is 0.227 e. The molecule has 0 spiro atoms. The number of benzene rings is 3. The van der Waals surface area contributed by atoms with Crippen LogP contribution in [0.2, 0.25) is 0 Å². The van der Waals surface area contributed by atoms with Crippen LogP contribution in [0.3, 0.4) is 0 Å². The quantitative estimate of drug-likeness (QED) is 0.488. The first-order valence-electron chi connectivity index (χ1n) is 10.8. The van der Waals surface area contributed by atoms with Crippen molar-refractivity contribution in [2.45, 2.75) is 6.42 Å². The lowest BCUT2D eigenvalue weighted by molar-refractivity contribution is -0.130. The summed E-state index contributed by atoms with van der Waals surface area (Å²) in [4.78, 5) is 16.6. The molecule has 32 heavy (non-hydrogen) atoms. The van der Waals surface area contributed by atoms with Gasteiger partial charge in [0.15, 0.2) is 5.82 Å². The zero-order chi connectivity index (χ0) is 21.9.